The molecule has 8 nitrogen and oxygen atoms in total. The second-order valence-corrected chi connectivity index (χ2v) is 8.57. The largest absolute Gasteiger partial charge is 0.482 e. The predicted molar refractivity (Wildman–Crippen MR) is 142 cm³/mol. The topological polar surface area (TPSA) is 118 Å². The van der Waals surface area contributed by atoms with Crippen molar-refractivity contribution in [2.45, 2.75) is 0 Å². The van der Waals surface area contributed by atoms with Gasteiger partial charge in [0, 0.05) is 11.4 Å². The Hall–Kier alpha value is -4.03. The van der Waals surface area contributed by atoms with Crippen LogP contribution in [-0.4, -0.2) is 31.5 Å². The second-order valence-electron chi connectivity index (χ2n) is 7.35. The molecule has 0 atom stereocenters. The Bertz CT molecular complexity index is 1420. The molecule has 3 rings (SSSR count). The third kappa shape index (κ3) is 7.72. The smallest absolute Gasteiger partial charge is 0.337 e. The average Bonchev–Trinajstić information content (AvgIpc) is 2.88. The monoisotopic (exact) mass is 557 g/mol. The van der Waals surface area contributed by atoms with Gasteiger partial charge in [-0.3, -0.25) is 9.59 Å². The summed E-state index contributed by atoms with van der Waals surface area (Å²) in [4.78, 5) is 36.2. The molecule has 0 saturated heterocycles. The van der Waals surface area contributed by atoms with E-state index >= 15 is 0 Å². The van der Waals surface area contributed by atoms with E-state index in [0.717, 1.165) is 0 Å². The van der Waals surface area contributed by atoms with Crippen LogP contribution in [0.15, 0.2) is 66.2 Å². The molecule has 2 amide bonds. The summed E-state index contributed by atoms with van der Waals surface area (Å²) in [6.45, 7) is -0.324. The van der Waals surface area contributed by atoms with Gasteiger partial charge >= 0.3 is 5.97 Å². The number of halogens is 3. The zero-order valence-corrected chi connectivity index (χ0v) is 21.4. The Kier molecular flexibility index (Phi) is 9.52. The normalized spacial score (nSPS) is 10.7. The minimum Gasteiger partial charge on any atom is -0.482 e. The number of carbonyl (C=O) groups is 3. The second kappa shape index (κ2) is 12.8. The average molecular weight is 559 g/mol. The fourth-order valence-corrected chi connectivity index (χ4v) is 3.50. The summed E-state index contributed by atoms with van der Waals surface area (Å²) < 4.78 is 10.1. The molecule has 0 aliphatic carbocycles. The maximum Gasteiger partial charge on any atom is 0.337 e. The van der Waals surface area contributed by atoms with E-state index in [1.54, 1.807) is 18.2 Å². The zero-order chi connectivity index (χ0) is 26.9. The molecule has 0 radical (unpaired) electrons. The molecule has 0 aliphatic rings. The van der Waals surface area contributed by atoms with E-state index in [2.05, 4.69) is 15.4 Å². The number of benzene rings is 3. The lowest BCUT2D eigenvalue weighted by atomic mass is 10.1. The summed E-state index contributed by atoms with van der Waals surface area (Å²) in [6.07, 6.45) is 1.35. The van der Waals surface area contributed by atoms with Crippen LogP contribution in [0.5, 0.6) is 5.75 Å². The van der Waals surface area contributed by atoms with Crippen LogP contribution in [0.4, 0.5) is 11.4 Å². The highest BCUT2D eigenvalue weighted by Crippen LogP contribution is 2.27. The number of ether oxygens (including phenoxy) is 2. The van der Waals surface area contributed by atoms with E-state index in [-0.39, 0.29) is 23.0 Å². The fourth-order valence-electron chi connectivity index (χ4n) is 2.96. The molecule has 2 N–H and O–H groups in total. The van der Waals surface area contributed by atoms with E-state index in [9.17, 15) is 19.6 Å². The standard InChI is InChI=1S/C26H18Cl3N3O5/c1-36-26(35)16-3-5-18(6-4-16)32-25(34)17(13-30)10-15-2-9-23(22(29)11-15)37-14-24(33)31-19-7-8-20(27)21(28)12-19/h2-12H,14H2,1H3,(H,31,33)(H,32,34)/b17-10-. The van der Waals surface area contributed by atoms with Gasteiger partial charge in [-0.05, 0) is 66.2 Å². The van der Waals surface area contributed by atoms with Crippen LogP contribution in [0.3, 0.4) is 0 Å². The molecular weight excluding hydrogens is 541 g/mol. The summed E-state index contributed by atoms with van der Waals surface area (Å²) in [5.41, 5.74) is 1.45. The van der Waals surface area contributed by atoms with Crippen molar-refractivity contribution in [1.29, 1.82) is 5.26 Å². The first-order valence-corrected chi connectivity index (χ1v) is 11.6. The summed E-state index contributed by atoms with van der Waals surface area (Å²) >= 11 is 18.1. The van der Waals surface area contributed by atoms with Crippen LogP contribution in [0.25, 0.3) is 6.08 Å². The SMILES string of the molecule is COC(=O)c1ccc(NC(=O)/C(C#N)=C\c2ccc(OCC(=O)Nc3ccc(Cl)c(Cl)c3)c(Cl)c2)cc1. The van der Waals surface area contributed by atoms with E-state index in [1.807, 2.05) is 6.07 Å². The first-order valence-electron chi connectivity index (χ1n) is 10.5. The lowest BCUT2D eigenvalue weighted by molar-refractivity contribution is -0.118. The van der Waals surface area contributed by atoms with Crippen LogP contribution in [0.1, 0.15) is 15.9 Å². The number of nitriles is 1. The van der Waals surface area contributed by atoms with Crippen LogP contribution in [-0.2, 0) is 14.3 Å². The Labute approximate surface area is 227 Å². The Morgan fingerprint density at radius 2 is 1.59 bits per heavy atom. The molecule has 3 aromatic rings. The highest BCUT2D eigenvalue weighted by molar-refractivity contribution is 6.42. The summed E-state index contributed by atoms with van der Waals surface area (Å²) in [6, 6.07) is 17.1. The summed E-state index contributed by atoms with van der Waals surface area (Å²) in [5.74, 6) is -1.37. The number of carbonyl (C=O) groups excluding carboxylic acids is 3. The van der Waals surface area contributed by atoms with Gasteiger partial charge in [0.1, 0.15) is 17.4 Å². The minimum absolute atomic E-state index is 0.173. The predicted octanol–water partition coefficient (Wildman–Crippen LogP) is 6.00. The molecule has 188 valence electrons. The molecular formula is C26H18Cl3N3O5. The number of esters is 1. The van der Waals surface area contributed by atoms with Gasteiger partial charge in [0.15, 0.2) is 6.61 Å². The maximum absolute atomic E-state index is 12.5. The number of nitrogens with zero attached hydrogens (tertiary/aromatic N) is 1. The van der Waals surface area contributed by atoms with Gasteiger partial charge in [0.05, 0.1) is 27.7 Å². The fraction of sp³-hybridized carbons (Fsp3) is 0.0769. The molecule has 0 aromatic heterocycles. The lowest BCUT2D eigenvalue weighted by Gasteiger charge is -2.10. The van der Waals surface area contributed by atoms with Crippen molar-refractivity contribution in [3.05, 3.63) is 92.4 Å². The van der Waals surface area contributed by atoms with Gasteiger partial charge in [0.2, 0.25) is 0 Å². The molecule has 0 aliphatic heterocycles. The maximum atomic E-state index is 12.5. The first-order chi connectivity index (χ1) is 17.7. The summed E-state index contributed by atoms with van der Waals surface area (Å²) in [5, 5.41) is 15.5. The van der Waals surface area contributed by atoms with E-state index in [0.29, 0.717) is 32.5 Å². The van der Waals surface area contributed by atoms with Crippen molar-refractivity contribution in [1.82, 2.24) is 0 Å². The Balaban J connectivity index is 1.62. The number of nitrogens with one attached hydrogen (secondary N) is 2. The van der Waals surface area contributed by atoms with E-state index in [1.165, 1.54) is 55.7 Å². The molecule has 3 aromatic carbocycles. The van der Waals surface area contributed by atoms with Crippen LogP contribution in [0, 0.1) is 11.3 Å². The molecule has 0 unspecified atom stereocenters. The molecule has 0 saturated carbocycles. The first kappa shape index (κ1) is 27.6. The highest BCUT2D eigenvalue weighted by atomic mass is 35.5. The third-order valence-corrected chi connectivity index (χ3v) is 5.79. The Morgan fingerprint density at radius 3 is 2.22 bits per heavy atom. The van der Waals surface area contributed by atoms with Crippen LogP contribution < -0.4 is 15.4 Å². The van der Waals surface area contributed by atoms with Gasteiger partial charge < -0.3 is 20.1 Å². The van der Waals surface area contributed by atoms with Crippen LogP contribution >= 0.6 is 34.8 Å². The van der Waals surface area contributed by atoms with Crippen LogP contribution in [0.2, 0.25) is 15.1 Å². The van der Waals surface area contributed by atoms with Crippen molar-refractivity contribution in [3.8, 4) is 11.8 Å². The molecule has 0 bridgehead atoms. The van der Waals surface area contributed by atoms with Gasteiger partial charge in [-0.2, -0.15) is 5.26 Å². The molecule has 37 heavy (non-hydrogen) atoms. The zero-order valence-electron chi connectivity index (χ0n) is 19.2. The van der Waals surface area contributed by atoms with Crippen molar-refractivity contribution < 1.29 is 23.9 Å². The summed E-state index contributed by atoms with van der Waals surface area (Å²) in [7, 11) is 1.27. The number of hydrogen-bond acceptors (Lipinski definition) is 6. The van der Waals surface area contributed by atoms with Crippen molar-refractivity contribution in [2.24, 2.45) is 0 Å². The van der Waals surface area contributed by atoms with Gasteiger partial charge in [-0.25, -0.2) is 4.79 Å². The molecule has 0 fully saturated rings. The van der Waals surface area contributed by atoms with Crippen molar-refractivity contribution >= 4 is 70.0 Å². The highest BCUT2D eigenvalue weighted by Gasteiger charge is 2.13. The third-order valence-electron chi connectivity index (χ3n) is 4.76. The van der Waals surface area contributed by atoms with Gasteiger partial charge in [-0.15, -0.1) is 0 Å². The van der Waals surface area contributed by atoms with E-state index in [4.69, 9.17) is 39.5 Å². The van der Waals surface area contributed by atoms with E-state index < -0.39 is 17.8 Å². The molecule has 0 heterocycles. The van der Waals surface area contributed by atoms with Gasteiger partial charge in [-0.1, -0.05) is 40.9 Å². The quantitative estimate of drug-likeness (QED) is 0.199. The lowest BCUT2D eigenvalue weighted by Crippen LogP contribution is -2.20. The van der Waals surface area contributed by atoms with Crippen molar-refractivity contribution in [3.63, 3.8) is 0 Å². The number of amides is 2. The Morgan fingerprint density at radius 1 is 0.892 bits per heavy atom. The number of anilines is 2. The molecule has 11 heteroatoms. The minimum atomic E-state index is -0.649. The number of rotatable bonds is 8. The number of hydrogen-bond donors (Lipinski definition) is 2. The number of methoxy groups -OCH3 is 1. The van der Waals surface area contributed by atoms with Gasteiger partial charge in [0.25, 0.3) is 11.8 Å². The molecule has 0 spiro atoms. The van der Waals surface area contributed by atoms with Crippen molar-refractivity contribution in [2.75, 3.05) is 24.4 Å².